The number of unbranched alkanes of at least 4 members (excludes halogenated alkanes) is 3. The number of nitrogens with one attached hydrogen (secondary N) is 9. The number of nitrogens with zero attached hydrogens (tertiary/aromatic N) is 7. The van der Waals surface area contributed by atoms with Crippen LogP contribution in [0.25, 0.3) is 11.3 Å². The number of likely N-dealkylation sites (N-methyl/N-ethyl adjacent to an activating group) is 2. The molecule has 1 aliphatic rings. The number of aromatic nitrogens is 3. The summed E-state index contributed by atoms with van der Waals surface area (Å²) < 4.78 is 19.8. The van der Waals surface area contributed by atoms with Gasteiger partial charge in [0.05, 0.1) is 65.5 Å². The molecule has 1 aliphatic heterocycles. The van der Waals surface area contributed by atoms with Gasteiger partial charge in [-0.15, -0.1) is 5.10 Å². The summed E-state index contributed by atoms with van der Waals surface area (Å²) in [4.78, 5) is 180. The number of halogens is 1. The Bertz CT molecular complexity index is 3770. The van der Waals surface area contributed by atoms with E-state index in [9.17, 15) is 68.4 Å². The number of anilines is 2. The number of amides is 7. The third-order valence-electron chi connectivity index (χ3n) is 17.7. The summed E-state index contributed by atoms with van der Waals surface area (Å²) in [6.45, 7) is 6.38. The van der Waals surface area contributed by atoms with Crippen molar-refractivity contribution in [1.82, 2.24) is 71.8 Å². The minimum atomic E-state index is -1.25. The zero-order valence-electron chi connectivity index (χ0n) is 66.2. The lowest BCUT2D eigenvalue weighted by molar-refractivity contribution is -0.193. The average Bonchev–Trinajstić information content (AvgIpc) is 1.49. The Kier molecular flexibility index (Phi) is 55.7. The molecule has 0 spiro atoms. The molecule has 1 fully saturated rings. The number of hydrogen-bond donors (Lipinski definition) is 14. The molecule has 650 valence electrons. The maximum Gasteiger partial charge on any atom is 0.373 e. The van der Waals surface area contributed by atoms with Crippen LogP contribution in [0.4, 0.5) is 21.0 Å². The number of aliphatic carboxylic acids is 5. The molecular weight excluding hydrogens is 1680 g/mol. The molecule has 2 heterocycles. The van der Waals surface area contributed by atoms with E-state index in [4.69, 9.17) is 60.3 Å². The molecule has 0 radical (unpaired) electrons. The molecule has 1 unspecified atom stereocenters. The van der Waals surface area contributed by atoms with Crippen molar-refractivity contribution in [3.05, 3.63) is 93.7 Å². The van der Waals surface area contributed by atoms with Gasteiger partial charge in [-0.3, -0.25) is 38.6 Å². The molecule has 0 aliphatic carbocycles. The molecule has 42 heteroatoms. The SMILES string of the molecule is CN1CCN(CC(=O)O)CCN(CC(=O)O)CC(Cc2ccc(NC(=S)NCCCC[C@H](NC(=O)CCOCCOCCOCCn3cc(-c4cccc(NC(=O)NCCCC[C@H](NC(=O)NCCCC(=O)O)C(=O)O)c4)nn3)C(=O)N[C@@H](CCCCNC(=O)CCCc3ccc(I)cc3)C(=O)O)cc2)N(C)CC1.O=C=O.O=C=O.O=C=O. The number of carbonyl (C=O) groups excluding carboxylic acids is 11. The smallest absolute Gasteiger partial charge is 0.373 e. The quantitative estimate of drug-likeness (QED) is 0.0171. The van der Waals surface area contributed by atoms with Crippen LogP contribution >= 0.6 is 34.8 Å². The molecule has 0 bridgehead atoms. The Morgan fingerprint density at radius 1 is 0.525 bits per heavy atom. The van der Waals surface area contributed by atoms with E-state index in [1.807, 2.05) is 78.5 Å². The van der Waals surface area contributed by atoms with Crippen molar-refractivity contribution in [2.75, 3.05) is 149 Å². The fourth-order valence-corrected chi connectivity index (χ4v) is 12.1. The van der Waals surface area contributed by atoms with Crippen LogP contribution in [0.15, 0.2) is 79.0 Å². The lowest BCUT2D eigenvalue weighted by Crippen LogP contribution is -2.51. The first kappa shape index (κ1) is 103. The van der Waals surface area contributed by atoms with E-state index in [0.29, 0.717) is 139 Å². The van der Waals surface area contributed by atoms with Gasteiger partial charge in [-0.1, -0.05) is 41.6 Å². The predicted molar refractivity (Wildman–Crippen MR) is 434 cm³/mol. The van der Waals surface area contributed by atoms with Gasteiger partial charge in [0.25, 0.3) is 0 Å². The zero-order chi connectivity index (χ0) is 87.3. The number of carbonyl (C=O) groups is 10. The average molecular weight is 1790 g/mol. The Morgan fingerprint density at radius 3 is 1.68 bits per heavy atom. The van der Waals surface area contributed by atoms with Gasteiger partial charge in [0.15, 0.2) is 5.11 Å². The highest BCUT2D eigenvalue weighted by molar-refractivity contribution is 14.1. The van der Waals surface area contributed by atoms with Crippen LogP contribution < -0.4 is 47.9 Å². The fraction of sp³-hybridized carbons (Fsp3) is 0.553. The molecule has 4 aromatic rings. The van der Waals surface area contributed by atoms with Gasteiger partial charge in [-0.2, -0.15) is 28.8 Å². The Labute approximate surface area is 701 Å². The molecule has 7 amide bonds. The van der Waals surface area contributed by atoms with Crippen LogP contribution in [0.1, 0.15) is 101 Å². The summed E-state index contributed by atoms with van der Waals surface area (Å²) in [6.07, 6.45) is 8.00. The molecular formula is C76H109IN16O24S. The van der Waals surface area contributed by atoms with Crippen molar-refractivity contribution < 1.29 is 116 Å². The lowest BCUT2D eigenvalue weighted by Gasteiger charge is -2.36. The molecule has 40 nitrogen and oxygen atoms in total. The van der Waals surface area contributed by atoms with Crippen molar-refractivity contribution >= 4 is 129 Å². The zero-order valence-corrected chi connectivity index (χ0v) is 69.2. The first-order valence-electron chi connectivity index (χ1n) is 38.1. The van der Waals surface area contributed by atoms with Crippen LogP contribution in [0.2, 0.25) is 0 Å². The van der Waals surface area contributed by atoms with Crippen molar-refractivity contribution in [2.24, 2.45) is 0 Å². The third-order valence-corrected chi connectivity index (χ3v) is 18.6. The predicted octanol–water partition coefficient (Wildman–Crippen LogP) is 2.23. The second-order valence-corrected chi connectivity index (χ2v) is 28.5. The molecule has 1 saturated heterocycles. The van der Waals surface area contributed by atoms with Crippen molar-refractivity contribution in [3.63, 3.8) is 0 Å². The second kappa shape index (κ2) is 63.5. The Hall–Kier alpha value is -10.6. The van der Waals surface area contributed by atoms with Gasteiger partial charge in [0, 0.05) is 118 Å². The maximum atomic E-state index is 13.9. The topological polar surface area (TPSA) is 554 Å². The number of rotatable bonds is 50. The van der Waals surface area contributed by atoms with Gasteiger partial charge in [0.1, 0.15) is 23.8 Å². The standard InChI is InChI=1S/C73H109IN16O18S.3CO2/c1-86-33-35-87(2)58(48-89(51-67(97)98)38-37-88(36-34-86)50-66(95)96)46-53-22-26-56(27-23-53)80-73(109)78-31-8-3-15-59(68(99)82-60(69(100)101)16-4-6-29-75-63(91)18-9-12-52-20-24-55(74)25-21-52)81-64(92)28-40-106-42-44-108-45-43-107-41-39-90-49-62(84-85-90)54-13-10-14-57(47-54)79-71(104)76-30-7-5-17-61(70(102)103)83-72(105)77-32-11-19-65(93)94;3*2-1-3/h10,13-14,20-27,47,49,58-61H,3-9,11-12,15-19,28-46,48,50-51H2,1-2H3,(H,75,91)(H,81,92)(H,82,99)(H,93,94)(H,95,96)(H,97,98)(H,100,101)(H,102,103)(H2,76,79,104)(H2,77,83,105)(H2,78,80,109);;;/t58?,59-,60-,61-;;;/m0.../s1. The lowest BCUT2D eigenvalue weighted by atomic mass is 10.0. The van der Waals surface area contributed by atoms with Crippen LogP contribution in [0, 0.1) is 3.57 Å². The number of carboxylic acids is 5. The van der Waals surface area contributed by atoms with E-state index >= 15 is 0 Å². The van der Waals surface area contributed by atoms with Crippen LogP contribution in [0.5, 0.6) is 0 Å². The van der Waals surface area contributed by atoms with E-state index < -0.39 is 71.8 Å². The minimum absolute atomic E-state index is 0.0151. The number of hydrogen-bond acceptors (Lipinski definition) is 26. The summed E-state index contributed by atoms with van der Waals surface area (Å²) in [6, 6.07) is 18.2. The number of carboxylic acid groups (broad SMARTS) is 5. The number of benzene rings is 3. The number of aryl methyl sites for hydroxylation is 1. The number of ether oxygens (including phenoxy) is 3. The molecule has 14 N–H and O–H groups in total. The highest BCUT2D eigenvalue weighted by Gasteiger charge is 2.28. The van der Waals surface area contributed by atoms with Crippen LogP contribution in [0.3, 0.4) is 0 Å². The number of urea groups is 2. The van der Waals surface area contributed by atoms with Gasteiger partial charge in [-0.05, 0) is 180 Å². The number of thiocarbonyl (C=S) groups is 1. The van der Waals surface area contributed by atoms with Gasteiger partial charge < -0.3 is 97.4 Å². The van der Waals surface area contributed by atoms with E-state index in [-0.39, 0.29) is 128 Å². The van der Waals surface area contributed by atoms with Crippen LogP contribution in [-0.4, -0.2) is 306 Å². The molecule has 3 aromatic carbocycles. The molecule has 118 heavy (non-hydrogen) atoms. The summed E-state index contributed by atoms with van der Waals surface area (Å²) in [7, 11) is 4.04. The maximum absolute atomic E-state index is 13.9. The third kappa shape index (κ3) is 50.8. The monoisotopic (exact) mass is 1790 g/mol. The summed E-state index contributed by atoms with van der Waals surface area (Å²) in [5.74, 6) is -6.56. The summed E-state index contributed by atoms with van der Waals surface area (Å²) in [5.41, 5.74) is 4.66. The highest BCUT2D eigenvalue weighted by Crippen LogP contribution is 2.21. The van der Waals surface area contributed by atoms with Gasteiger partial charge in [0.2, 0.25) is 17.7 Å². The summed E-state index contributed by atoms with van der Waals surface area (Å²) >= 11 is 7.88. The fourth-order valence-electron chi connectivity index (χ4n) is 11.5. The van der Waals surface area contributed by atoms with Crippen molar-refractivity contribution in [3.8, 4) is 11.3 Å². The van der Waals surface area contributed by atoms with Crippen molar-refractivity contribution in [2.45, 2.75) is 133 Å². The second-order valence-electron chi connectivity index (χ2n) is 26.8. The first-order chi connectivity index (χ1) is 56.6. The Balaban J connectivity index is 0.00000500. The van der Waals surface area contributed by atoms with Gasteiger partial charge >= 0.3 is 60.4 Å². The normalized spacial score (nSPS) is 13.9. The van der Waals surface area contributed by atoms with E-state index in [1.165, 1.54) is 0 Å². The van der Waals surface area contributed by atoms with E-state index in [0.717, 1.165) is 39.9 Å². The first-order valence-corrected chi connectivity index (χ1v) is 39.6. The molecule has 0 saturated carbocycles. The van der Waals surface area contributed by atoms with E-state index in [2.05, 4.69) is 90.6 Å². The largest absolute Gasteiger partial charge is 0.481 e. The molecule has 1 aromatic heterocycles. The van der Waals surface area contributed by atoms with Gasteiger partial charge in [-0.25, -0.2) is 23.9 Å². The van der Waals surface area contributed by atoms with E-state index in [1.54, 1.807) is 29.1 Å². The Morgan fingerprint density at radius 2 is 1.06 bits per heavy atom. The molecule has 4 atom stereocenters. The molecule has 5 rings (SSSR count). The highest BCUT2D eigenvalue weighted by atomic mass is 127. The van der Waals surface area contributed by atoms with Crippen LogP contribution in [-0.2, 0) is 101 Å². The summed E-state index contributed by atoms with van der Waals surface area (Å²) in [5, 5.41) is 81.5. The minimum Gasteiger partial charge on any atom is -0.481 e. The van der Waals surface area contributed by atoms with Crippen molar-refractivity contribution in [1.29, 1.82) is 0 Å².